The monoisotopic (exact) mass is 775 g/mol. The largest absolute Gasteiger partial charge is 0.493 e. The van der Waals surface area contributed by atoms with Gasteiger partial charge in [0.25, 0.3) is 11.8 Å². The van der Waals surface area contributed by atoms with Crippen molar-refractivity contribution in [3.05, 3.63) is 154 Å². The maximum Gasteiger partial charge on any atom is 0.291 e. The van der Waals surface area contributed by atoms with E-state index in [4.69, 9.17) is 13.9 Å². The minimum absolute atomic E-state index is 0.113. The third kappa shape index (κ3) is 7.88. The predicted molar refractivity (Wildman–Crippen MR) is 224 cm³/mol. The van der Waals surface area contributed by atoms with Gasteiger partial charge in [0.05, 0.1) is 54.3 Å². The zero-order chi connectivity index (χ0) is 40.3. The van der Waals surface area contributed by atoms with Gasteiger partial charge in [0.1, 0.15) is 5.58 Å². The summed E-state index contributed by atoms with van der Waals surface area (Å²) in [5, 5.41) is 17.1. The second-order valence-corrected chi connectivity index (χ2v) is 14.1. The summed E-state index contributed by atoms with van der Waals surface area (Å²) in [4.78, 5) is 42.3. The molecule has 0 atom stereocenters. The van der Waals surface area contributed by atoms with Gasteiger partial charge < -0.3 is 24.5 Å². The van der Waals surface area contributed by atoms with Crippen LogP contribution in [0.1, 0.15) is 37.6 Å². The highest BCUT2D eigenvalue weighted by molar-refractivity contribution is 6.12. The SMILES string of the molecule is COc1cc(NC(=O)c2cc(=O)c3ccccc3o2)c(C(=O)Nc2ccc(CCN(Cc3ccc4cnn(C)c4c3)Cc3ccc4cnn(C)c4c3)cc2)cc1OC. The molecule has 292 valence electrons. The van der Waals surface area contributed by atoms with Crippen LogP contribution in [0.4, 0.5) is 11.4 Å². The van der Waals surface area contributed by atoms with Crippen LogP contribution in [0.3, 0.4) is 0 Å². The van der Waals surface area contributed by atoms with E-state index in [1.165, 1.54) is 37.5 Å². The Balaban J connectivity index is 0.987. The van der Waals surface area contributed by atoms with Crippen LogP contribution in [0, 0.1) is 0 Å². The van der Waals surface area contributed by atoms with E-state index in [1.807, 2.05) is 60.1 Å². The molecule has 13 heteroatoms. The topological polar surface area (TPSA) is 146 Å². The van der Waals surface area contributed by atoms with Crippen molar-refractivity contribution in [3.8, 4) is 11.5 Å². The first-order valence-corrected chi connectivity index (χ1v) is 18.7. The van der Waals surface area contributed by atoms with Crippen molar-refractivity contribution in [2.24, 2.45) is 14.1 Å². The van der Waals surface area contributed by atoms with Crippen molar-refractivity contribution in [1.82, 2.24) is 24.5 Å². The summed E-state index contributed by atoms with van der Waals surface area (Å²) < 4.78 is 20.5. The number of anilines is 2. The number of aromatic nitrogens is 4. The first-order valence-electron chi connectivity index (χ1n) is 18.7. The molecule has 3 aromatic heterocycles. The second kappa shape index (κ2) is 16.1. The number of nitrogens with one attached hydrogen (secondary N) is 2. The number of nitrogens with zero attached hydrogens (tertiary/aromatic N) is 5. The van der Waals surface area contributed by atoms with Crippen molar-refractivity contribution in [2.45, 2.75) is 19.5 Å². The number of rotatable bonds is 13. The van der Waals surface area contributed by atoms with Crippen LogP contribution in [0.5, 0.6) is 11.5 Å². The molecule has 3 heterocycles. The van der Waals surface area contributed by atoms with Crippen molar-refractivity contribution in [1.29, 1.82) is 0 Å². The Morgan fingerprint density at radius 2 is 1.31 bits per heavy atom. The lowest BCUT2D eigenvalue weighted by Crippen LogP contribution is -2.25. The number of hydrogen-bond acceptors (Lipinski definition) is 9. The molecule has 0 saturated carbocycles. The fourth-order valence-corrected chi connectivity index (χ4v) is 7.12. The van der Waals surface area contributed by atoms with Crippen molar-refractivity contribution < 1.29 is 23.5 Å². The number of fused-ring (bicyclic) bond motifs is 3. The minimum Gasteiger partial charge on any atom is -0.493 e. The zero-order valence-corrected chi connectivity index (χ0v) is 32.5. The Morgan fingerprint density at radius 1 is 0.707 bits per heavy atom. The normalized spacial score (nSPS) is 11.4. The Morgan fingerprint density at radius 3 is 1.95 bits per heavy atom. The number of carbonyl (C=O) groups is 2. The number of methoxy groups -OCH3 is 2. The zero-order valence-electron chi connectivity index (χ0n) is 32.5. The molecule has 8 aromatic rings. The third-order valence-corrected chi connectivity index (χ3v) is 10.2. The van der Waals surface area contributed by atoms with Crippen LogP contribution < -0.4 is 25.5 Å². The molecule has 0 spiro atoms. The first-order chi connectivity index (χ1) is 28.1. The average Bonchev–Trinajstić information content (AvgIpc) is 3.80. The van der Waals surface area contributed by atoms with Crippen LogP contribution in [0.25, 0.3) is 32.8 Å². The molecule has 0 radical (unpaired) electrons. The molecule has 0 aliphatic rings. The van der Waals surface area contributed by atoms with E-state index < -0.39 is 11.8 Å². The fourth-order valence-electron chi connectivity index (χ4n) is 7.12. The van der Waals surface area contributed by atoms with Crippen LogP contribution >= 0.6 is 0 Å². The highest BCUT2D eigenvalue weighted by Crippen LogP contribution is 2.34. The van der Waals surface area contributed by atoms with Crippen LogP contribution in [0.15, 0.2) is 125 Å². The van der Waals surface area contributed by atoms with Gasteiger partial charge in [0, 0.05) is 62.3 Å². The molecule has 5 aromatic carbocycles. The molecule has 0 fully saturated rings. The first kappa shape index (κ1) is 37.7. The molecular weight excluding hydrogens is 735 g/mol. The summed E-state index contributed by atoms with van der Waals surface area (Å²) in [7, 11) is 6.83. The maximum atomic E-state index is 13.8. The predicted octanol–water partition coefficient (Wildman–Crippen LogP) is 7.33. The highest BCUT2D eigenvalue weighted by Gasteiger charge is 2.21. The van der Waals surface area contributed by atoms with Gasteiger partial charge in [0.15, 0.2) is 22.7 Å². The Bertz CT molecular complexity index is 2790. The standard InChI is InChI=1S/C45H41N7O6/c1-50-37-19-29(9-13-31(37)24-46-50)26-52(27-30-10-14-32-25-47-51(2)38(32)20-30)18-17-28-11-15-33(16-12-28)48-44(54)35-21-41(56-3)42(57-4)22-36(35)49-45(55)43-23-39(53)34-7-5-6-8-40(34)58-43/h5-16,19-25H,17-18,26-27H2,1-4H3,(H,48,54)(H,49,55). The van der Waals surface area contributed by atoms with Crippen LogP contribution in [-0.2, 0) is 33.6 Å². The lowest BCUT2D eigenvalue weighted by Gasteiger charge is -2.23. The molecule has 2 amide bonds. The van der Waals surface area contributed by atoms with E-state index in [9.17, 15) is 14.4 Å². The average molecular weight is 776 g/mol. The fraction of sp³-hybridized carbons (Fsp3) is 0.178. The molecule has 0 bridgehead atoms. The third-order valence-electron chi connectivity index (χ3n) is 10.2. The minimum atomic E-state index is -0.711. The molecule has 0 saturated heterocycles. The Hall–Kier alpha value is -7.25. The van der Waals surface area contributed by atoms with E-state index in [-0.39, 0.29) is 28.0 Å². The number of hydrogen-bond donors (Lipinski definition) is 2. The summed E-state index contributed by atoms with van der Waals surface area (Å²) in [6.07, 6.45) is 4.53. The summed E-state index contributed by atoms with van der Waals surface area (Å²) >= 11 is 0. The molecule has 2 N–H and O–H groups in total. The molecule has 0 unspecified atom stereocenters. The summed E-state index contributed by atoms with van der Waals surface area (Å²) in [5.41, 5.74) is 6.40. The molecular formula is C45H41N7O6. The van der Waals surface area contributed by atoms with E-state index >= 15 is 0 Å². The summed E-state index contributed by atoms with van der Waals surface area (Å²) in [6, 6.07) is 31.4. The number of benzene rings is 5. The maximum absolute atomic E-state index is 13.8. The Labute approximate surface area is 333 Å². The number of aryl methyl sites for hydroxylation is 2. The number of carbonyl (C=O) groups excluding carboxylic acids is 2. The van der Waals surface area contributed by atoms with Gasteiger partial charge in [-0.3, -0.25) is 28.6 Å². The quantitative estimate of drug-likeness (QED) is 0.123. The van der Waals surface area contributed by atoms with Gasteiger partial charge in [-0.2, -0.15) is 10.2 Å². The smallest absolute Gasteiger partial charge is 0.291 e. The van der Waals surface area contributed by atoms with Gasteiger partial charge in [-0.25, -0.2) is 0 Å². The molecule has 8 rings (SSSR count). The molecule has 0 aliphatic heterocycles. The van der Waals surface area contributed by atoms with Gasteiger partial charge in [-0.1, -0.05) is 48.5 Å². The van der Waals surface area contributed by atoms with Gasteiger partial charge in [0.2, 0.25) is 0 Å². The lowest BCUT2D eigenvalue weighted by atomic mass is 10.1. The molecule has 0 aliphatic carbocycles. The van der Waals surface area contributed by atoms with E-state index in [0.29, 0.717) is 22.6 Å². The highest BCUT2D eigenvalue weighted by atomic mass is 16.5. The number of ether oxygens (including phenoxy) is 2. The van der Waals surface area contributed by atoms with Gasteiger partial charge >= 0.3 is 0 Å². The number of para-hydroxylation sites is 1. The van der Waals surface area contributed by atoms with Crippen LogP contribution in [0.2, 0.25) is 0 Å². The number of amides is 2. The van der Waals surface area contributed by atoms with E-state index in [1.54, 1.807) is 24.3 Å². The van der Waals surface area contributed by atoms with Gasteiger partial charge in [-0.05, 0) is 65.6 Å². The summed E-state index contributed by atoms with van der Waals surface area (Å²) in [6.45, 7) is 2.27. The van der Waals surface area contributed by atoms with Crippen molar-refractivity contribution in [2.75, 3.05) is 31.4 Å². The van der Waals surface area contributed by atoms with Crippen LogP contribution in [-0.4, -0.2) is 57.0 Å². The van der Waals surface area contributed by atoms with Crippen molar-refractivity contribution in [3.63, 3.8) is 0 Å². The van der Waals surface area contributed by atoms with E-state index in [2.05, 4.69) is 62.1 Å². The molecule has 58 heavy (non-hydrogen) atoms. The second-order valence-electron chi connectivity index (χ2n) is 14.1. The summed E-state index contributed by atoms with van der Waals surface area (Å²) in [5.74, 6) is -0.822. The Kier molecular flexibility index (Phi) is 10.4. The van der Waals surface area contributed by atoms with E-state index in [0.717, 1.165) is 59.5 Å². The van der Waals surface area contributed by atoms with Crippen molar-refractivity contribution >= 4 is 56.0 Å². The van der Waals surface area contributed by atoms with Gasteiger partial charge in [-0.15, -0.1) is 0 Å². The molecule has 13 nitrogen and oxygen atoms in total. The lowest BCUT2D eigenvalue weighted by molar-refractivity contribution is 0.0997.